The third-order valence-corrected chi connectivity index (χ3v) is 10.2. The highest BCUT2D eigenvalue weighted by atomic mass is 35.5. The average Bonchev–Trinajstić information content (AvgIpc) is 3.57. The highest BCUT2D eigenvalue weighted by Gasteiger charge is 2.42. The van der Waals surface area contributed by atoms with Gasteiger partial charge in [-0.3, -0.25) is 14.4 Å². The first kappa shape index (κ1) is 38.3. The Morgan fingerprint density at radius 3 is 2.43 bits per heavy atom. The number of likely N-dealkylation sites (tertiary alicyclic amines) is 1. The quantitative estimate of drug-likeness (QED) is 0.210. The second-order valence-electron chi connectivity index (χ2n) is 14.2. The molecular weight excluding hydrogens is 663 g/mol. The minimum Gasteiger partial charge on any atom is -0.496 e. The number of halogens is 2. The summed E-state index contributed by atoms with van der Waals surface area (Å²) in [6.45, 7) is 10.2. The fraction of sp³-hybridized carbons (Fsp3) is 0.541. The molecule has 0 saturated carbocycles. The fourth-order valence-corrected chi connectivity index (χ4v) is 7.14. The molecule has 10 nitrogen and oxygen atoms in total. The molecule has 3 heterocycles. The number of likely N-dealkylation sites (N-methyl/N-ethyl adjacent to an activating group) is 1. The van der Waals surface area contributed by atoms with Crippen LogP contribution in [-0.4, -0.2) is 78.2 Å². The fourth-order valence-electron chi connectivity index (χ4n) is 6.84. The molecule has 1 aromatic heterocycles. The van der Waals surface area contributed by atoms with Crippen LogP contribution in [0.2, 0.25) is 5.02 Å². The molecule has 2 aliphatic heterocycles. The number of amides is 1. The van der Waals surface area contributed by atoms with Gasteiger partial charge in [0.05, 0.1) is 35.4 Å². The van der Waals surface area contributed by atoms with Gasteiger partial charge in [0.15, 0.2) is 5.78 Å². The Morgan fingerprint density at radius 1 is 1.04 bits per heavy atom. The number of anilines is 3. The van der Waals surface area contributed by atoms with E-state index in [1.807, 2.05) is 51.1 Å². The van der Waals surface area contributed by atoms with Crippen molar-refractivity contribution in [1.29, 1.82) is 0 Å². The lowest BCUT2D eigenvalue weighted by atomic mass is 9.76. The van der Waals surface area contributed by atoms with Crippen LogP contribution in [0.1, 0.15) is 71.8 Å². The number of nitrogens with one attached hydrogen (secondary N) is 2. The van der Waals surface area contributed by atoms with Crippen molar-refractivity contribution in [3.05, 3.63) is 47.2 Å². The predicted octanol–water partition coefficient (Wildman–Crippen LogP) is 6.78. The smallest absolute Gasteiger partial charge is 0.227 e. The summed E-state index contributed by atoms with van der Waals surface area (Å²) in [5, 5.41) is 7.80. The number of benzene rings is 2. The first-order valence-corrected chi connectivity index (χ1v) is 17.5. The van der Waals surface area contributed by atoms with Gasteiger partial charge in [0, 0.05) is 61.1 Å². The lowest BCUT2D eigenvalue weighted by Crippen LogP contribution is -2.48. The van der Waals surface area contributed by atoms with Crippen molar-refractivity contribution in [2.45, 2.75) is 84.7 Å². The standard InChI is InChI=1S/C37H49ClN6O4.ClH/c1-23(39-5)32(45)20-27(37(2,3)4)36(47)44-16-10-11-31(44)33(46)18-24-17-26-29(21-34(24)48-6)40-22-41-35(26)42-25-12-13-30(28(38)19-25)43-14-8-7-9-15-43;/h12-13,17,19,21-23,27,31,39H,7-11,14-16,18,20H2,1-6H3,(H,40,41,42);1H/t23-,27+,31-;/m0./s1. The molecule has 2 aromatic carbocycles. The number of carbonyl (C=O) groups excluding carboxylic acids is 3. The molecule has 49 heavy (non-hydrogen) atoms. The molecule has 2 N–H and O–H groups in total. The number of ketones is 2. The molecule has 3 atom stereocenters. The first-order chi connectivity index (χ1) is 22.9. The van der Waals surface area contributed by atoms with Crippen LogP contribution in [0.3, 0.4) is 0 Å². The van der Waals surface area contributed by atoms with Gasteiger partial charge < -0.3 is 25.2 Å². The van der Waals surface area contributed by atoms with Gasteiger partial charge in [-0.1, -0.05) is 32.4 Å². The Morgan fingerprint density at radius 2 is 1.78 bits per heavy atom. The van der Waals surface area contributed by atoms with Crippen LogP contribution in [0.4, 0.5) is 17.2 Å². The number of rotatable bonds is 12. The van der Waals surface area contributed by atoms with E-state index in [2.05, 4.69) is 25.5 Å². The van der Waals surface area contributed by atoms with Crippen LogP contribution in [0, 0.1) is 11.3 Å². The Balaban J connectivity index is 0.00000541. The summed E-state index contributed by atoms with van der Waals surface area (Å²) >= 11 is 6.74. The zero-order valence-electron chi connectivity index (χ0n) is 29.5. The van der Waals surface area contributed by atoms with Crippen LogP contribution < -0.4 is 20.3 Å². The molecule has 3 aromatic rings. The third kappa shape index (κ3) is 8.83. The molecule has 2 aliphatic rings. The number of hydrogen-bond donors (Lipinski definition) is 2. The third-order valence-electron chi connectivity index (χ3n) is 9.88. The molecule has 266 valence electrons. The molecule has 2 fully saturated rings. The Kier molecular flexibility index (Phi) is 12.9. The van der Waals surface area contributed by atoms with E-state index in [0.29, 0.717) is 40.6 Å². The second kappa shape index (κ2) is 16.5. The van der Waals surface area contributed by atoms with Gasteiger partial charge in [-0.25, -0.2) is 9.97 Å². The highest BCUT2D eigenvalue weighted by Crippen LogP contribution is 2.36. The molecule has 0 unspecified atom stereocenters. The minimum atomic E-state index is -0.565. The maximum atomic E-state index is 14.0. The Hall–Kier alpha value is -3.47. The SMILES string of the molecule is CN[C@@H](C)C(=O)C[C@H](C(=O)N1CCC[C@H]1C(=O)Cc1cc2c(Nc3ccc(N4CCCCC4)c(Cl)c3)ncnc2cc1OC)C(C)(C)C.Cl. The van der Waals surface area contributed by atoms with Gasteiger partial charge in [-0.15, -0.1) is 12.4 Å². The zero-order chi connectivity index (χ0) is 34.6. The number of piperidine rings is 1. The maximum absolute atomic E-state index is 14.0. The van der Waals surface area contributed by atoms with Crippen LogP contribution in [0.15, 0.2) is 36.7 Å². The molecule has 0 radical (unpaired) electrons. The van der Waals surface area contributed by atoms with Crippen molar-refractivity contribution >= 4 is 69.6 Å². The summed E-state index contributed by atoms with van der Waals surface area (Å²) in [5.41, 5.74) is 2.75. The van der Waals surface area contributed by atoms with Gasteiger partial charge in [0.25, 0.3) is 0 Å². The van der Waals surface area contributed by atoms with Crippen molar-refractivity contribution in [2.75, 3.05) is 44.0 Å². The van der Waals surface area contributed by atoms with Crippen molar-refractivity contribution in [1.82, 2.24) is 20.2 Å². The molecule has 2 saturated heterocycles. The number of fused-ring (bicyclic) bond motifs is 1. The number of methoxy groups -OCH3 is 1. The van der Waals surface area contributed by atoms with Crippen LogP contribution in [-0.2, 0) is 20.8 Å². The van der Waals surface area contributed by atoms with Gasteiger partial charge in [-0.2, -0.15) is 0 Å². The normalized spacial score (nSPS) is 17.7. The summed E-state index contributed by atoms with van der Waals surface area (Å²) < 4.78 is 5.72. The number of aromatic nitrogens is 2. The second-order valence-corrected chi connectivity index (χ2v) is 14.6. The molecule has 0 aliphatic carbocycles. The molecule has 0 spiro atoms. The van der Waals surface area contributed by atoms with E-state index < -0.39 is 17.4 Å². The molecule has 1 amide bonds. The van der Waals surface area contributed by atoms with E-state index in [1.54, 1.807) is 26.0 Å². The van der Waals surface area contributed by atoms with E-state index in [1.165, 1.54) is 25.6 Å². The lowest BCUT2D eigenvalue weighted by molar-refractivity contribution is -0.145. The molecular formula is C37H50Cl2N6O4. The van der Waals surface area contributed by atoms with Crippen LogP contribution >= 0.6 is 24.0 Å². The monoisotopic (exact) mass is 712 g/mol. The number of Topliss-reactive ketones (excluding diaryl/α,β-unsaturated/α-hetero) is 2. The first-order valence-electron chi connectivity index (χ1n) is 17.1. The van der Waals surface area contributed by atoms with Crippen molar-refractivity contribution < 1.29 is 19.1 Å². The largest absolute Gasteiger partial charge is 0.496 e. The molecule has 12 heteroatoms. The summed E-state index contributed by atoms with van der Waals surface area (Å²) in [6.07, 6.45) is 6.60. The summed E-state index contributed by atoms with van der Waals surface area (Å²) in [4.78, 5) is 53.9. The van der Waals surface area contributed by atoms with Gasteiger partial charge in [0.1, 0.15) is 23.7 Å². The van der Waals surface area contributed by atoms with E-state index in [9.17, 15) is 14.4 Å². The van der Waals surface area contributed by atoms with Crippen LogP contribution in [0.25, 0.3) is 10.9 Å². The summed E-state index contributed by atoms with van der Waals surface area (Å²) in [5.74, 6) is 0.393. The summed E-state index contributed by atoms with van der Waals surface area (Å²) in [7, 11) is 3.31. The lowest BCUT2D eigenvalue weighted by Gasteiger charge is -2.35. The Labute approximate surface area is 301 Å². The van der Waals surface area contributed by atoms with E-state index in [4.69, 9.17) is 16.3 Å². The Bertz CT molecular complexity index is 1660. The minimum absolute atomic E-state index is 0. The predicted molar refractivity (Wildman–Crippen MR) is 199 cm³/mol. The van der Waals surface area contributed by atoms with Gasteiger partial charge in [-0.05, 0) is 75.8 Å². The van der Waals surface area contributed by atoms with Crippen molar-refractivity contribution in [3.8, 4) is 5.75 Å². The maximum Gasteiger partial charge on any atom is 0.227 e. The number of carbonyl (C=O) groups is 3. The summed E-state index contributed by atoms with van der Waals surface area (Å²) in [6, 6.07) is 8.76. The van der Waals surface area contributed by atoms with Crippen LogP contribution in [0.5, 0.6) is 5.75 Å². The van der Waals surface area contributed by atoms with Crippen molar-refractivity contribution in [3.63, 3.8) is 0 Å². The van der Waals surface area contributed by atoms with E-state index in [-0.39, 0.29) is 48.8 Å². The molecule has 5 rings (SSSR count). The van der Waals surface area contributed by atoms with E-state index >= 15 is 0 Å². The zero-order valence-corrected chi connectivity index (χ0v) is 31.0. The highest BCUT2D eigenvalue weighted by molar-refractivity contribution is 6.33. The van der Waals surface area contributed by atoms with Gasteiger partial charge >= 0.3 is 0 Å². The number of hydrogen-bond acceptors (Lipinski definition) is 9. The number of nitrogens with zero attached hydrogens (tertiary/aromatic N) is 4. The van der Waals surface area contributed by atoms with Crippen molar-refractivity contribution in [2.24, 2.45) is 11.3 Å². The van der Waals surface area contributed by atoms with E-state index in [0.717, 1.165) is 36.3 Å². The number of ether oxygens (including phenoxy) is 1. The topological polar surface area (TPSA) is 117 Å². The molecule has 0 bridgehead atoms. The average molecular weight is 714 g/mol. The van der Waals surface area contributed by atoms with Gasteiger partial charge in [0.2, 0.25) is 5.91 Å².